The van der Waals surface area contributed by atoms with Crippen LogP contribution in [0.2, 0.25) is 0 Å². The Bertz CT molecular complexity index is 1390. The second-order valence-corrected chi connectivity index (χ2v) is 12.0. The number of amides is 5. The molecule has 1 aromatic carbocycles. The van der Waals surface area contributed by atoms with E-state index in [0.717, 1.165) is 0 Å². The molecule has 1 rings (SSSR count). The number of phenols is 1. The number of carboxylic acid groups (broad SMARTS) is 1. The Morgan fingerprint density at radius 1 is 0.740 bits per heavy atom. The predicted molar refractivity (Wildman–Crippen MR) is 184 cm³/mol. The predicted octanol–water partition coefficient (Wildman–Crippen LogP) is -3.93. The molecular weight excluding hydrogens is 656 g/mol. The van der Waals surface area contributed by atoms with Crippen molar-refractivity contribution in [1.29, 1.82) is 0 Å². The van der Waals surface area contributed by atoms with Crippen LogP contribution in [0.4, 0.5) is 0 Å². The number of phenolic OH excluding ortho intramolecular Hbond substituents is 1. The molecule has 0 aromatic heterocycles. The van der Waals surface area contributed by atoms with Crippen molar-refractivity contribution in [3.8, 4) is 5.75 Å². The van der Waals surface area contributed by atoms with Gasteiger partial charge in [0, 0.05) is 25.9 Å². The topological polar surface area (TPSA) is 372 Å². The lowest BCUT2D eigenvalue weighted by molar-refractivity contribution is -0.138. The fourth-order valence-electron chi connectivity index (χ4n) is 4.39. The number of rotatable bonds is 22. The summed E-state index contributed by atoms with van der Waals surface area (Å²) >= 11 is 0. The SMILES string of the molecule is CC(C)(NC(=O)[C@H](CCCN=C(N)N)NC(=O)[C@@H](N)CCC(=O)O)C(=O)N[C@@H](CCCN=C(N)N)C(=O)N[C@@H](Cc1ccc(O)cc1)C(N)=O. The van der Waals surface area contributed by atoms with Gasteiger partial charge in [0.15, 0.2) is 11.9 Å². The molecule has 20 nitrogen and oxygen atoms in total. The molecule has 0 saturated heterocycles. The number of hydrogen-bond donors (Lipinski definition) is 12. The zero-order valence-corrected chi connectivity index (χ0v) is 28.2. The lowest BCUT2D eigenvalue weighted by Gasteiger charge is -2.30. The molecule has 278 valence electrons. The Labute approximate surface area is 289 Å². The number of primary amides is 1. The molecule has 0 spiro atoms. The zero-order chi connectivity index (χ0) is 38.0. The minimum Gasteiger partial charge on any atom is -0.508 e. The van der Waals surface area contributed by atoms with Crippen LogP contribution < -0.4 is 55.7 Å². The van der Waals surface area contributed by atoms with Crippen LogP contribution in [0.25, 0.3) is 0 Å². The van der Waals surface area contributed by atoms with Crippen LogP contribution in [0, 0.1) is 0 Å². The largest absolute Gasteiger partial charge is 0.508 e. The zero-order valence-electron chi connectivity index (χ0n) is 28.2. The second kappa shape index (κ2) is 20.6. The fraction of sp³-hybridized carbons (Fsp3) is 0.533. The molecule has 18 N–H and O–H groups in total. The molecule has 20 heteroatoms. The van der Waals surface area contributed by atoms with Crippen molar-refractivity contribution in [1.82, 2.24) is 21.3 Å². The van der Waals surface area contributed by atoms with E-state index in [0.29, 0.717) is 5.56 Å². The maximum absolute atomic E-state index is 13.5. The van der Waals surface area contributed by atoms with Gasteiger partial charge in [-0.1, -0.05) is 12.1 Å². The van der Waals surface area contributed by atoms with E-state index >= 15 is 0 Å². The Kier molecular flexibility index (Phi) is 17.5. The summed E-state index contributed by atoms with van der Waals surface area (Å²) in [6, 6.07) is 1.05. The first kappa shape index (κ1) is 42.4. The smallest absolute Gasteiger partial charge is 0.303 e. The van der Waals surface area contributed by atoms with Gasteiger partial charge in [0.25, 0.3) is 0 Å². The summed E-state index contributed by atoms with van der Waals surface area (Å²) in [6.07, 6.45) is -0.0706. The second-order valence-electron chi connectivity index (χ2n) is 12.0. The number of aliphatic carboxylic acids is 1. The number of carbonyl (C=O) groups excluding carboxylic acids is 5. The molecule has 0 heterocycles. The molecular formula is C30H50N12O8. The molecule has 0 aliphatic carbocycles. The van der Waals surface area contributed by atoms with Crippen LogP contribution in [-0.4, -0.2) is 100 Å². The lowest BCUT2D eigenvalue weighted by Crippen LogP contribution is -2.62. The fourth-order valence-corrected chi connectivity index (χ4v) is 4.39. The minimum absolute atomic E-state index is 0.00521. The molecule has 50 heavy (non-hydrogen) atoms. The number of aliphatic imine (C=N–C) groups is 2. The Hall–Kier alpha value is -5.66. The highest BCUT2D eigenvalue weighted by Crippen LogP contribution is 2.13. The Morgan fingerprint density at radius 2 is 1.24 bits per heavy atom. The van der Waals surface area contributed by atoms with Gasteiger partial charge in [0.05, 0.1) is 6.04 Å². The molecule has 4 atom stereocenters. The number of nitrogens with two attached hydrogens (primary N) is 6. The standard InChI is InChI=1S/C30H50N12O8/c1-30(2,42-26(49)20(6-4-14-38-29(35)36)39-24(47)18(31)11-12-22(44)45)27(50)41-19(5-3-13-37-28(33)34)25(48)40-21(23(32)46)15-16-7-9-17(43)10-8-16/h7-10,18-21,43H,3-6,11-15,31H2,1-2H3,(H2,32,46)(H,39,47)(H,40,48)(H,41,50)(H,42,49)(H,44,45)(H4,33,34,37)(H4,35,36,38)/t18-,19-,20-,21-/m0/s1. The van der Waals surface area contributed by atoms with Crippen LogP contribution in [0.1, 0.15) is 57.9 Å². The van der Waals surface area contributed by atoms with Gasteiger partial charge in [-0.05, 0) is 63.6 Å². The van der Waals surface area contributed by atoms with Gasteiger partial charge in [-0.25, -0.2) is 0 Å². The van der Waals surface area contributed by atoms with Crippen LogP contribution in [0.3, 0.4) is 0 Å². The summed E-state index contributed by atoms with van der Waals surface area (Å²) in [4.78, 5) is 83.9. The van der Waals surface area contributed by atoms with Crippen molar-refractivity contribution in [3.05, 3.63) is 29.8 Å². The lowest BCUT2D eigenvalue weighted by atomic mass is 10.00. The first-order valence-electron chi connectivity index (χ1n) is 15.7. The van der Waals surface area contributed by atoms with E-state index < -0.39 is 65.2 Å². The van der Waals surface area contributed by atoms with Crippen molar-refractivity contribution in [3.63, 3.8) is 0 Å². The van der Waals surface area contributed by atoms with Gasteiger partial charge in [-0.3, -0.25) is 38.8 Å². The molecule has 0 bridgehead atoms. The first-order chi connectivity index (χ1) is 23.3. The van der Waals surface area contributed by atoms with Gasteiger partial charge >= 0.3 is 5.97 Å². The third-order valence-electron chi connectivity index (χ3n) is 7.19. The summed E-state index contributed by atoms with van der Waals surface area (Å²) < 4.78 is 0. The van der Waals surface area contributed by atoms with E-state index in [-0.39, 0.29) is 75.7 Å². The summed E-state index contributed by atoms with van der Waals surface area (Å²) in [5.74, 6) is -5.48. The number of aromatic hydroxyl groups is 1. The average Bonchev–Trinajstić information content (AvgIpc) is 3.02. The van der Waals surface area contributed by atoms with Crippen molar-refractivity contribution >= 4 is 47.4 Å². The quantitative estimate of drug-likeness (QED) is 0.0312. The monoisotopic (exact) mass is 706 g/mol. The minimum atomic E-state index is -1.67. The van der Waals surface area contributed by atoms with Crippen LogP contribution in [0.15, 0.2) is 34.3 Å². The molecule has 0 fully saturated rings. The van der Waals surface area contributed by atoms with E-state index in [1.54, 1.807) is 12.1 Å². The van der Waals surface area contributed by atoms with Gasteiger partial charge < -0.3 is 65.9 Å². The highest BCUT2D eigenvalue weighted by atomic mass is 16.4. The van der Waals surface area contributed by atoms with Crippen LogP contribution in [-0.2, 0) is 35.2 Å². The normalized spacial score (nSPS) is 13.3. The summed E-state index contributed by atoms with van der Waals surface area (Å²) in [6.45, 7) is 2.96. The molecule has 5 amide bonds. The number of benzene rings is 1. The number of hydrogen-bond acceptors (Lipinski definition) is 10. The van der Waals surface area contributed by atoms with Gasteiger partial charge in [-0.15, -0.1) is 0 Å². The van der Waals surface area contributed by atoms with E-state index in [1.807, 2.05) is 0 Å². The Balaban J connectivity index is 3.15. The average molecular weight is 707 g/mol. The molecule has 0 radical (unpaired) electrons. The Morgan fingerprint density at radius 3 is 1.72 bits per heavy atom. The van der Waals surface area contributed by atoms with Crippen molar-refractivity contribution in [2.75, 3.05) is 13.1 Å². The molecule has 0 aliphatic rings. The number of nitrogens with zero attached hydrogens (tertiary/aromatic N) is 2. The van der Waals surface area contributed by atoms with Crippen molar-refractivity contribution < 1.29 is 39.0 Å². The van der Waals surface area contributed by atoms with Crippen molar-refractivity contribution in [2.24, 2.45) is 44.4 Å². The first-order valence-corrected chi connectivity index (χ1v) is 15.7. The highest BCUT2D eigenvalue weighted by molar-refractivity contribution is 5.97. The summed E-state index contributed by atoms with van der Waals surface area (Å²) in [5.41, 5.74) is 31.7. The maximum atomic E-state index is 13.5. The van der Waals surface area contributed by atoms with Gasteiger partial charge in [0.1, 0.15) is 29.4 Å². The third kappa shape index (κ3) is 16.4. The van der Waals surface area contributed by atoms with Crippen LogP contribution >= 0.6 is 0 Å². The molecule has 1 aromatic rings. The van der Waals surface area contributed by atoms with E-state index in [4.69, 9.17) is 39.5 Å². The molecule has 0 saturated carbocycles. The van der Waals surface area contributed by atoms with Crippen LogP contribution in [0.5, 0.6) is 5.75 Å². The molecule has 0 aliphatic heterocycles. The van der Waals surface area contributed by atoms with Gasteiger partial charge in [-0.2, -0.15) is 0 Å². The van der Waals surface area contributed by atoms with Gasteiger partial charge in [0.2, 0.25) is 29.5 Å². The molecule has 0 unspecified atom stereocenters. The maximum Gasteiger partial charge on any atom is 0.303 e. The summed E-state index contributed by atoms with van der Waals surface area (Å²) in [5, 5.41) is 28.6. The number of carboxylic acids is 1. The van der Waals surface area contributed by atoms with E-state index in [9.17, 15) is 33.9 Å². The number of nitrogens with one attached hydrogen (secondary N) is 4. The number of carbonyl (C=O) groups is 6. The van der Waals surface area contributed by atoms with Crippen molar-refractivity contribution in [2.45, 2.75) is 88.5 Å². The van der Waals surface area contributed by atoms with E-state index in [1.165, 1.54) is 26.0 Å². The number of guanidine groups is 2. The third-order valence-corrected chi connectivity index (χ3v) is 7.19. The summed E-state index contributed by atoms with van der Waals surface area (Å²) in [7, 11) is 0. The highest BCUT2D eigenvalue weighted by Gasteiger charge is 2.36. The van der Waals surface area contributed by atoms with E-state index in [2.05, 4.69) is 31.3 Å².